The van der Waals surface area contributed by atoms with Gasteiger partial charge in [0.15, 0.2) is 5.78 Å². The van der Waals surface area contributed by atoms with Crippen molar-refractivity contribution in [1.29, 1.82) is 0 Å². The highest BCUT2D eigenvalue weighted by atomic mass is 16.5. The Labute approximate surface area is 154 Å². The second kappa shape index (κ2) is 8.09. The maximum atomic E-state index is 12.4. The lowest BCUT2D eigenvalue weighted by Crippen LogP contribution is -2.02. The summed E-state index contributed by atoms with van der Waals surface area (Å²) in [6, 6.07) is 8.03. The largest absolute Gasteiger partial charge is 0.508 e. The van der Waals surface area contributed by atoms with Crippen molar-refractivity contribution >= 4 is 11.9 Å². The van der Waals surface area contributed by atoms with E-state index < -0.39 is 0 Å². The van der Waals surface area contributed by atoms with Gasteiger partial charge in [-0.1, -0.05) is 27.7 Å². The number of phenols is 2. The molecule has 0 atom stereocenters. The minimum absolute atomic E-state index is 0.107. The highest BCUT2D eigenvalue weighted by Gasteiger charge is 2.20. The number of methoxy groups -OCH3 is 1. The number of benzene rings is 2. The Hall–Kier alpha value is -2.75. The number of phenolic OH excluding ortho intramolecular Hbond substituents is 2. The number of ketones is 1. The Kier molecular flexibility index (Phi) is 6.09. The summed E-state index contributed by atoms with van der Waals surface area (Å²) in [5.74, 6) is 0.956. The van der Waals surface area contributed by atoms with Crippen LogP contribution in [0.4, 0.5) is 0 Å². The van der Waals surface area contributed by atoms with Gasteiger partial charge in [0, 0.05) is 5.56 Å². The van der Waals surface area contributed by atoms with Crippen molar-refractivity contribution in [2.75, 3.05) is 7.11 Å². The molecule has 0 fully saturated rings. The lowest BCUT2D eigenvalue weighted by atomic mass is 9.90. The first-order valence-electron chi connectivity index (χ1n) is 8.71. The van der Waals surface area contributed by atoms with E-state index in [-0.39, 0.29) is 29.1 Å². The van der Waals surface area contributed by atoms with Crippen LogP contribution in [-0.4, -0.2) is 23.1 Å². The number of rotatable bonds is 6. The molecule has 0 spiro atoms. The summed E-state index contributed by atoms with van der Waals surface area (Å²) >= 11 is 0. The van der Waals surface area contributed by atoms with Crippen LogP contribution in [0.5, 0.6) is 17.2 Å². The number of carbonyl (C=O) groups excluding carboxylic acids is 1. The van der Waals surface area contributed by atoms with Crippen LogP contribution in [0.1, 0.15) is 66.6 Å². The molecule has 0 saturated heterocycles. The first kappa shape index (κ1) is 19.6. The van der Waals surface area contributed by atoms with Gasteiger partial charge in [0.05, 0.1) is 12.7 Å². The van der Waals surface area contributed by atoms with Crippen LogP contribution in [0, 0.1) is 0 Å². The fraction of sp³-hybridized carbons (Fsp3) is 0.318. The highest BCUT2D eigenvalue weighted by molar-refractivity contribution is 6.07. The zero-order valence-electron chi connectivity index (χ0n) is 15.9. The molecule has 0 unspecified atom stereocenters. The van der Waals surface area contributed by atoms with Gasteiger partial charge in [0.2, 0.25) is 0 Å². The van der Waals surface area contributed by atoms with E-state index in [9.17, 15) is 15.0 Å². The first-order valence-corrected chi connectivity index (χ1v) is 8.71. The van der Waals surface area contributed by atoms with E-state index in [1.54, 1.807) is 25.3 Å². The Morgan fingerprint density at radius 1 is 1.00 bits per heavy atom. The second-order valence-corrected chi connectivity index (χ2v) is 6.90. The number of aromatic hydroxyl groups is 2. The molecule has 26 heavy (non-hydrogen) atoms. The number of carbonyl (C=O) groups is 1. The molecule has 2 aromatic rings. The van der Waals surface area contributed by atoms with Crippen molar-refractivity contribution in [2.24, 2.45) is 0 Å². The Balaban J connectivity index is 2.52. The quantitative estimate of drug-likeness (QED) is 0.549. The number of hydrogen-bond acceptors (Lipinski definition) is 4. The third-order valence-electron chi connectivity index (χ3n) is 4.35. The van der Waals surface area contributed by atoms with Crippen LogP contribution in [0.2, 0.25) is 0 Å². The molecular weight excluding hydrogens is 328 g/mol. The van der Waals surface area contributed by atoms with Gasteiger partial charge < -0.3 is 14.9 Å². The molecule has 4 nitrogen and oxygen atoms in total. The average molecular weight is 354 g/mol. The molecule has 0 radical (unpaired) electrons. The van der Waals surface area contributed by atoms with Gasteiger partial charge in [0.1, 0.15) is 17.2 Å². The molecule has 0 aliphatic rings. The van der Waals surface area contributed by atoms with Crippen molar-refractivity contribution < 1.29 is 19.7 Å². The number of ether oxygens (including phenoxy) is 1. The molecular formula is C22H26O4. The van der Waals surface area contributed by atoms with Gasteiger partial charge in [0.25, 0.3) is 0 Å². The van der Waals surface area contributed by atoms with E-state index in [1.165, 1.54) is 18.2 Å². The number of allylic oxidation sites excluding steroid dienone is 1. The van der Waals surface area contributed by atoms with Gasteiger partial charge in [-0.2, -0.15) is 0 Å². The summed E-state index contributed by atoms with van der Waals surface area (Å²) in [4.78, 5) is 12.4. The van der Waals surface area contributed by atoms with Crippen LogP contribution in [0.15, 0.2) is 36.4 Å². The van der Waals surface area contributed by atoms with Gasteiger partial charge in [-0.3, -0.25) is 4.79 Å². The molecule has 138 valence electrons. The van der Waals surface area contributed by atoms with Crippen LogP contribution in [0.3, 0.4) is 0 Å². The Bertz CT molecular complexity index is 815. The van der Waals surface area contributed by atoms with E-state index in [1.807, 2.05) is 19.9 Å². The van der Waals surface area contributed by atoms with Crippen LogP contribution in [0.25, 0.3) is 6.08 Å². The molecule has 0 bridgehead atoms. The normalized spacial score (nSPS) is 11.5. The van der Waals surface area contributed by atoms with Gasteiger partial charge >= 0.3 is 0 Å². The third-order valence-corrected chi connectivity index (χ3v) is 4.35. The summed E-state index contributed by atoms with van der Waals surface area (Å²) < 4.78 is 5.55. The average Bonchev–Trinajstić information content (AvgIpc) is 2.59. The summed E-state index contributed by atoms with van der Waals surface area (Å²) in [5, 5.41) is 20.1. The molecule has 2 aromatic carbocycles. The van der Waals surface area contributed by atoms with Crippen molar-refractivity contribution in [3.63, 3.8) is 0 Å². The maximum absolute atomic E-state index is 12.4. The van der Waals surface area contributed by atoms with Gasteiger partial charge in [-0.25, -0.2) is 0 Å². The zero-order valence-corrected chi connectivity index (χ0v) is 15.9. The standard InChI is InChI=1S/C22H26O4/c1-13(2)18-12-19(14(3)4)22(26-5)17(21(18)25)10-11-20(24)15-6-8-16(23)9-7-15/h6-14,23,25H,1-5H3. The molecule has 0 aliphatic carbocycles. The predicted molar refractivity (Wildman–Crippen MR) is 104 cm³/mol. The first-order chi connectivity index (χ1) is 12.3. The van der Waals surface area contributed by atoms with E-state index in [0.29, 0.717) is 16.9 Å². The third kappa shape index (κ3) is 4.07. The fourth-order valence-corrected chi connectivity index (χ4v) is 2.85. The monoisotopic (exact) mass is 354 g/mol. The maximum Gasteiger partial charge on any atom is 0.185 e. The van der Waals surface area contributed by atoms with E-state index in [2.05, 4.69) is 13.8 Å². The van der Waals surface area contributed by atoms with Crippen LogP contribution < -0.4 is 4.74 Å². The highest BCUT2D eigenvalue weighted by Crippen LogP contribution is 2.41. The van der Waals surface area contributed by atoms with Crippen molar-refractivity contribution in [1.82, 2.24) is 0 Å². The lowest BCUT2D eigenvalue weighted by molar-refractivity contribution is 0.104. The molecule has 0 amide bonds. The topological polar surface area (TPSA) is 66.8 Å². The molecule has 4 heteroatoms. The second-order valence-electron chi connectivity index (χ2n) is 6.90. The lowest BCUT2D eigenvalue weighted by Gasteiger charge is -2.20. The number of hydrogen-bond donors (Lipinski definition) is 2. The summed E-state index contributed by atoms with van der Waals surface area (Å²) in [6.07, 6.45) is 3.01. The van der Waals surface area contributed by atoms with Crippen molar-refractivity contribution in [3.8, 4) is 17.2 Å². The van der Waals surface area contributed by atoms with E-state index >= 15 is 0 Å². The van der Waals surface area contributed by atoms with Gasteiger partial charge in [-0.05, 0) is 65.4 Å². The molecule has 2 rings (SSSR count). The Morgan fingerprint density at radius 2 is 1.58 bits per heavy atom. The fourth-order valence-electron chi connectivity index (χ4n) is 2.85. The minimum Gasteiger partial charge on any atom is -0.508 e. The van der Waals surface area contributed by atoms with E-state index in [4.69, 9.17) is 4.74 Å². The summed E-state index contributed by atoms with van der Waals surface area (Å²) in [5.41, 5.74) is 2.79. The molecule has 2 N–H and O–H groups in total. The summed E-state index contributed by atoms with van der Waals surface area (Å²) in [7, 11) is 1.56. The van der Waals surface area contributed by atoms with Crippen molar-refractivity contribution in [2.45, 2.75) is 39.5 Å². The molecule has 0 aromatic heterocycles. The zero-order chi connectivity index (χ0) is 19.4. The van der Waals surface area contributed by atoms with Crippen molar-refractivity contribution in [3.05, 3.63) is 58.7 Å². The Morgan fingerprint density at radius 3 is 2.08 bits per heavy atom. The van der Waals surface area contributed by atoms with E-state index in [0.717, 1.165) is 11.1 Å². The van der Waals surface area contributed by atoms with Crippen LogP contribution >= 0.6 is 0 Å². The van der Waals surface area contributed by atoms with Crippen LogP contribution in [-0.2, 0) is 0 Å². The SMILES string of the molecule is COc1c(C(C)C)cc(C(C)C)c(O)c1C=CC(=O)c1ccc(O)cc1. The molecule has 0 aliphatic heterocycles. The molecule has 0 heterocycles. The minimum atomic E-state index is -0.215. The smallest absolute Gasteiger partial charge is 0.185 e. The molecule has 0 saturated carbocycles. The summed E-state index contributed by atoms with van der Waals surface area (Å²) in [6.45, 7) is 8.16. The van der Waals surface area contributed by atoms with Gasteiger partial charge in [-0.15, -0.1) is 0 Å². The predicted octanol–water partition coefficient (Wildman–Crippen LogP) is 5.25.